The van der Waals surface area contributed by atoms with Crippen molar-refractivity contribution >= 4 is 29.5 Å². The van der Waals surface area contributed by atoms with Crippen LogP contribution in [0.1, 0.15) is 42.2 Å². The van der Waals surface area contributed by atoms with Gasteiger partial charge in [-0.25, -0.2) is 4.79 Å². The van der Waals surface area contributed by atoms with E-state index in [4.69, 9.17) is 14.2 Å². The molecule has 4 aromatic carbocycles. The van der Waals surface area contributed by atoms with Crippen LogP contribution in [0.15, 0.2) is 114 Å². The number of esters is 1. The Labute approximate surface area is 259 Å². The molecule has 2 aliphatic heterocycles. The van der Waals surface area contributed by atoms with Gasteiger partial charge in [-0.15, -0.1) is 0 Å². The van der Waals surface area contributed by atoms with Crippen molar-refractivity contribution in [1.82, 2.24) is 4.90 Å². The Balaban J connectivity index is 1.36. The second-order valence-corrected chi connectivity index (χ2v) is 11.9. The summed E-state index contributed by atoms with van der Waals surface area (Å²) < 4.78 is 18.4. The smallest absolute Gasteiger partial charge is 0.338 e. The van der Waals surface area contributed by atoms with Crippen LogP contribution in [0, 0.1) is 6.92 Å². The number of fused-ring (bicyclic) bond motifs is 1. The summed E-state index contributed by atoms with van der Waals surface area (Å²) in [6.45, 7) is 2.23. The minimum atomic E-state index is -1.41. The number of rotatable bonds is 9. The fraction of sp³-hybridized carbons (Fsp3) is 0.229. The molecule has 2 aliphatic rings. The van der Waals surface area contributed by atoms with Crippen LogP contribution in [0.25, 0.3) is 0 Å². The summed E-state index contributed by atoms with van der Waals surface area (Å²) in [5, 5.41) is 11.7. The summed E-state index contributed by atoms with van der Waals surface area (Å²) in [5.41, 5.74) is 1.86. The molecule has 0 saturated carbocycles. The highest BCUT2D eigenvalue weighted by molar-refractivity contribution is 7.99. The quantitative estimate of drug-likeness (QED) is 0.202. The number of amides is 2. The second kappa shape index (κ2) is 13.2. The lowest BCUT2D eigenvalue weighted by molar-refractivity contribution is -0.188. The zero-order valence-corrected chi connectivity index (χ0v) is 24.8. The van der Waals surface area contributed by atoms with Gasteiger partial charge < -0.3 is 19.3 Å². The van der Waals surface area contributed by atoms with Crippen LogP contribution in [0.5, 0.6) is 0 Å². The molecule has 0 spiro atoms. The van der Waals surface area contributed by atoms with E-state index in [1.807, 2.05) is 61.5 Å². The zero-order valence-electron chi connectivity index (χ0n) is 23.9. The molecule has 9 heteroatoms. The van der Waals surface area contributed by atoms with Crippen molar-refractivity contribution < 1.29 is 33.7 Å². The molecule has 2 heterocycles. The van der Waals surface area contributed by atoms with Gasteiger partial charge in [0.25, 0.3) is 11.8 Å². The Morgan fingerprint density at radius 1 is 0.841 bits per heavy atom. The van der Waals surface area contributed by atoms with Gasteiger partial charge in [0.15, 0.2) is 6.10 Å². The van der Waals surface area contributed by atoms with E-state index < -0.39 is 47.6 Å². The SMILES string of the molecule is Cc1ccc(S[C@@H]2O[C@H](COCc3ccccc3)[C@@H](O)[C@H](OC(=O)c3ccccc3)[C@H]2N2C(=O)c3ccccc3C2=O)cc1. The number of nitrogens with zero attached hydrogens (tertiary/aromatic N) is 1. The maximum Gasteiger partial charge on any atom is 0.338 e. The Morgan fingerprint density at radius 3 is 2.07 bits per heavy atom. The van der Waals surface area contributed by atoms with E-state index >= 15 is 0 Å². The second-order valence-electron chi connectivity index (χ2n) is 10.7. The average molecular weight is 610 g/mol. The van der Waals surface area contributed by atoms with Gasteiger partial charge in [-0.2, -0.15) is 0 Å². The minimum Gasteiger partial charge on any atom is -0.454 e. The number of aliphatic hydroxyl groups excluding tert-OH is 1. The number of hydrogen-bond acceptors (Lipinski definition) is 8. The summed E-state index contributed by atoms with van der Waals surface area (Å²) in [6, 6.07) is 31.1. The molecule has 44 heavy (non-hydrogen) atoms. The van der Waals surface area contributed by atoms with Crippen molar-refractivity contribution in [2.24, 2.45) is 0 Å². The highest BCUT2D eigenvalue weighted by Crippen LogP contribution is 2.40. The number of thioether (sulfide) groups is 1. The van der Waals surface area contributed by atoms with E-state index in [0.29, 0.717) is 0 Å². The topological polar surface area (TPSA) is 102 Å². The first kappa shape index (κ1) is 29.8. The van der Waals surface area contributed by atoms with Crippen molar-refractivity contribution in [3.8, 4) is 0 Å². The number of aliphatic hydroxyl groups is 1. The summed E-state index contributed by atoms with van der Waals surface area (Å²) in [6.07, 6.45) is -3.66. The third-order valence-corrected chi connectivity index (χ3v) is 8.85. The van der Waals surface area contributed by atoms with Crippen LogP contribution in [0.3, 0.4) is 0 Å². The van der Waals surface area contributed by atoms with Crippen LogP contribution in [-0.2, 0) is 20.8 Å². The molecule has 224 valence electrons. The molecule has 5 atom stereocenters. The van der Waals surface area contributed by atoms with Gasteiger partial charge in [0, 0.05) is 4.90 Å². The number of hydrogen-bond donors (Lipinski definition) is 1. The van der Waals surface area contributed by atoms with E-state index in [1.165, 1.54) is 11.8 Å². The molecule has 0 aromatic heterocycles. The van der Waals surface area contributed by atoms with Crippen molar-refractivity contribution in [2.75, 3.05) is 6.61 Å². The number of carbonyl (C=O) groups is 3. The molecule has 0 bridgehead atoms. The molecule has 0 unspecified atom stereocenters. The predicted molar refractivity (Wildman–Crippen MR) is 164 cm³/mol. The van der Waals surface area contributed by atoms with Gasteiger partial charge >= 0.3 is 5.97 Å². The lowest BCUT2D eigenvalue weighted by atomic mass is 9.96. The van der Waals surface area contributed by atoms with Crippen molar-refractivity contribution in [3.63, 3.8) is 0 Å². The lowest BCUT2D eigenvalue weighted by Crippen LogP contribution is -2.65. The van der Waals surface area contributed by atoms with Gasteiger partial charge in [0.05, 0.1) is 29.9 Å². The Morgan fingerprint density at radius 2 is 1.43 bits per heavy atom. The summed E-state index contributed by atoms with van der Waals surface area (Å²) in [5.74, 6) is -1.78. The number of imide groups is 1. The van der Waals surface area contributed by atoms with E-state index in [9.17, 15) is 19.5 Å². The van der Waals surface area contributed by atoms with E-state index in [0.717, 1.165) is 20.9 Å². The van der Waals surface area contributed by atoms with Crippen LogP contribution in [0.4, 0.5) is 0 Å². The fourth-order valence-electron chi connectivity index (χ4n) is 5.41. The first-order valence-electron chi connectivity index (χ1n) is 14.3. The Kier molecular flexibility index (Phi) is 8.90. The Bertz CT molecular complexity index is 1600. The first-order valence-corrected chi connectivity index (χ1v) is 15.2. The molecule has 2 amide bonds. The predicted octanol–water partition coefficient (Wildman–Crippen LogP) is 5.28. The fourth-order valence-corrected chi connectivity index (χ4v) is 6.58. The molecule has 8 nitrogen and oxygen atoms in total. The van der Waals surface area contributed by atoms with Gasteiger partial charge in [0.1, 0.15) is 23.7 Å². The van der Waals surface area contributed by atoms with E-state index in [1.54, 1.807) is 54.6 Å². The number of ether oxygens (including phenoxy) is 3. The molecule has 1 saturated heterocycles. The largest absolute Gasteiger partial charge is 0.454 e. The summed E-state index contributed by atoms with van der Waals surface area (Å²) >= 11 is 1.29. The third kappa shape index (κ3) is 6.18. The van der Waals surface area contributed by atoms with Gasteiger partial charge in [-0.3, -0.25) is 14.5 Å². The maximum atomic E-state index is 13.8. The first-order chi connectivity index (χ1) is 21.4. The molecule has 0 radical (unpaired) electrons. The Hall–Kier alpha value is -4.28. The molecule has 4 aromatic rings. The van der Waals surface area contributed by atoms with Crippen molar-refractivity contribution in [3.05, 3.63) is 137 Å². The van der Waals surface area contributed by atoms with Crippen LogP contribution >= 0.6 is 11.8 Å². The standard InChI is InChI=1S/C35H31NO7S/c1-22-16-18-25(19-17-22)44-35-29(36-32(38)26-14-8-9-15-27(26)33(36)39)31(43-34(40)24-12-6-3-7-13-24)30(37)28(42-35)21-41-20-23-10-4-2-5-11-23/h2-19,28-31,35,37H,20-21H2,1H3/t28-,29-,30-,31-,35+/m1/s1. The van der Waals surface area contributed by atoms with Gasteiger partial charge in [0.2, 0.25) is 0 Å². The molecule has 0 aliphatic carbocycles. The van der Waals surface area contributed by atoms with E-state index in [2.05, 4.69) is 0 Å². The number of carbonyl (C=O) groups excluding carboxylic acids is 3. The van der Waals surface area contributed by atoms with Crippen LogP contribution in [-0.4, -0.2) is 64.2 Å². The zero-order chi connectivity index (χ0) is 30.6. The van der Waals surface area contributed by atoms with Crippen molar-refractivity contribution in [1.29, 1.82) is 0 Å². The highest BCUT2D eigenvalue weighted by Gasteiger charge is 2.55. The monoisotopic (exact) mass is 609 g/mol. The normalized spacial score (nSPS) is 23.0. The minimum absolute atomic E-state index is 0.0186. The lowest BCUT2D eigenvalue weighted by Gasteiger charge is -2.46. The van der Waals surface area contributed by atoms with Crippen LogP contribution < -0.4 is 0 Å². The summed E-state index contributed by atoms with van der Waals surface area (Å²) in [4.78, 5) is 42.8. The third-order valence-electron chi connectivity index (χ3n) is 7.69. The molecule has 1 N–H and O–H groups in total. The van der Waals surface area contributed by atoms with Crippen molar-refractivity contribution in [2.45, 2.75) is 48.2 Å². The van der Waals surface area contributed by atoms with Crippen LogP contribution in [0.2, 0.25) is 0 Å². The maximum absolute atomic E-state index is 13.8. The number of aryl methyl sites for hydroxylation is 1. The average Bonchev–Trinajstić information content (AvgIpc) is 3.30. The molecule has 1 fully saturated rings. The number of benzene rings is 4. The van der Waals surface area contributed by atoms with E-state index in [-0.39, 0.29) is 29.9 Å². The highest BCUT2D eigenvalue weighted by atomic mass is 32.2. The molecular weight excluding hydrogens is 578 g/mol. The van der Waals surface area contributed by atoms with Gasteiger partial charge in [-0.05, 0) is 48.9 Å². The summed E-state index contributed by atoms with van der Waals surface area (Å²) in [7, 11) is 0. The van der Waals surface area contributed by atoms with Gasteiger partial charge in [-0.1, -0.05) is 90.1 Å². The molecular formula is C35H31NO7S. The molecule has 6 rings (SSSR count).